The lowest BCUT2D eigenvalue weighted by atomic mass is 9.79. The molecule has 0 aromatic heterocycles. The predicted octanol–water partition coefficient (Wildman–Crippen LogP) is 1.87. The Kier molecular flexibility index (Phi) is 2.55. The van der Waals surface area contributed by atoms with Crippen molar-refractivity contribution in [3.63, 3.8) is 0 Å². The van der Waals surface area contributed by atoms with E-state index in [4.69, 9.17) is 0 Å². The molecule has 2 heteroatoms. The highest BCUT2D eigenvalue weighted by Crippen LogP contribution is 2.32. The molecule has 0 bridgehead atoms. The molecular weight excluding hydrogens is 150 g/mol. The van der Waals surface area contributed by atoms with Gasteiger partial charge in [-0.25, -0.2) is 0 Å². The highest BCUT2D eigenvalue weighted by molar-refractivity contribution is 5.91. The Labute approximate surface area is 74.0 Å². The van der Waals surface area contributed by atoms with E-state index < -0.39 is 0 Å². The van der Waals surface area contributed by atoms with Gasteiger partial charge in [-0.1, -0.05) is 13.8 Å². The van der Waals surface area contributed by atoms with E-state index in [0.29, 0.717) is 6.42 Å². The predicted molar refractivity (Wildman–Crippen MR) is 49.8 cm³/mol. The highest BCUT2D eigenvalue weighted by atomic mass is 16.1. The molecule has 0 amide bonds. The smallest absolute Gasteiger partial charge is 0.157 e. The van der Waals surface area contributed by atoms with Crippen molar-refractivity contribution < 1.29 is 4.79 Å². The summed E-state index contributed by atoms with van der Waals surface area (Å²) in [5, 5.41) is 3.21. The Bertz CT molecular complexity index is 216. The molecule has 0 heterocycles. The lowest BCUT2D eigenvalue weighted by molar-refractivity contribution is -0.117. The topological polar surface area (TPSA) is 29.1 Å². The first kappa shape index (κ1) is 9.30. The lowest BCUT2D eigenvalue weighted by Gasteiger charge is -2.28. The first-order chi connectivity index (χ1) is 5.53. The maximum absolute atomic E-state index is 11.2. The van der Waals surface area contributed by atoms with Gasteiger partial charge in [0.05, 0.1) is 0 Å². The van der Waals surface area contributed by atoms with E-state index in [0.717, 1.165) is 18.7 Å². The van der Waals surface area contributed by atoms with Crippen LogP contribution in [0.3, 0.4) is 0 Å². The SMILES string of the molecule is CCNC1=CC(=O)CC(C)(C)C1. The van der Waals surface area contributed by atoms with Crippen LogP contribution in [0.5, 0.6) is 0 Å². The van der Waals surface area contributed by atoms with E-state index in [1.807, 2.05) is 6.92 Å². The standard InChI is InChI=1S/C10H17NO/c1-4-11-8-5-9(12)7-10(2,3)6-8/h5,11H,4,6-7H2,1-3H3. The van der Waals surface area contributed by atoms with Crippen LogP contribution >= 0.6 is 0 Å². The summed E-state index contributed by atoms with van der Waals surface area (Å²) < 4.78 is 0. The molecule has 68 valence electrons. The summed E-state index contributed by atoms with van der Waals surface area (Å²) in [6.45, 7) is 7.21. The van der Waals surface area contributed by atoms with E-state index >= 15 is 0 Å². The van der Waals surface area contributed by atoms with Crippen molar-refractivity contribution in [1.29, 1.82) is 0 Å². The number of hydrogen-bond acceptors (Lipinski definition) is 2. The summed E-state index contributed by atoms with van der Waals surface area (Å²) in [6.07, 6.45) is 3.42. The van der Waals surface area contributed by atoms with Crippen LogP contribution in [0.2, 0.25) is 0 Å². The monoisotopic (exact) mass is 167 g/mol. The molecule has 0 unspecified atom stereocenters. The van der Waals surface area contributed by atoms with Gasteiger partial charge in [-0.2, -0.15) is 0 Å². The average Bonchev–Trinajstić information content (AvgIpc) is 1.82. The molecule has 2 nitrogen and oxygen atoms in total. The van der Waals surface area contributed by atoms with E-state index in [1.165, 1.54) is 0 Å². The summed E-state index contributed by atoms with van der Waals surface area (Å²) >= 11 is 0. The van der Waals surface area contributed by atoms with Crippen molar-refractivity contribution in [3.05, 3.63) is 11.8 Å². The van der Waals surface area contributed by atoms with Crippen molar-refractivity contribution in [2.24, 2.45) is 5.41 Å². The molecule has 0 atom stereocenters. The number of allylic oxidation sites excluding steroid dienone is 2. The number of hydrogen-bond donors (Lipinski definition) is 1. The third-order valence-corrected chi connectivity index (χ3v) is 2.06. The fourth-order valence-electron chi connectivity index (χ4n) is 1.69. The Hall–Kier alpha value is -0.790. The number of carbonyl (C=O) groups is 1. The van der Waals surface area contributed by atoms with Gasteiger partial charge in [0, 0.05) is 24.7 Å². The summed E-state index contributed by atoms with van der Waals surface area (Å²) in [5.41, 5.74) is 1.24. The van der Waals surface area contributed by atoms with Gasteiger partial charge in [0.25, 0.3) is 0 Å². The largest absolute Gasteiger partial charge is 0.389 e. The van der Waals surface area contributed by atoms with Gasteiger partial charge in [0.1, 0.15) is 0 Å². The summed E-state index contributed by atoms with van der Waals surface area (Å²) in [6, 6.07) is 0. The zero-order valence-corrected chi connectivity index (χ0v) is 8.11. The Morgan fingerprint density at radius 1 is 1.50 bits per heavy atom. The van der Waals surface area contributed by atoms with Crippen molar-refractivity contribution >= 4 is 5.78 Å². The maximum atomic E-state index is 11.2. The van der Waals surface area contributed by atoms with Crippen LogP contribution in [0.1, 0.15) is 33.6 Å². The van der Waals surface area contributed by atoms with Crippen molar-refractivity contribution in [2.75, 3.05) is 6.54 Å². The average molecular weight is 167 g/mol. The van der Waals surface area contributed by atoms with Crippen LogP contribution in [0.15, 0.2) is 11.8 Å². The van der Waals surface area contributed by atoms with Crippen LogP contribution in [0.4, 0.5) is 0 Å². The van der Waals surface area contributed by atoms with Crippen molar-refractivity contribution in [1.82, 2.24) is 5.32 Å². The Balaban J connectivity index is 2.69. The quantitative estimate of drug-likeness (QED) is 0.680. The lowest BCUT2D eigenvalue weighted by Crippen LogP contribution is -2.27. The van der Waals surface area contributed by atoms with Gasteiger partial charge in [-0.15, -0.1) is 0 Å². The minimum Gasteiger partial charge on any atom is -0.389 e. The molecule has 0 saturated heterocycles. The van der Waals surface area contributed by atoms with Crippen LogP contribution < -0.4 is 5.32 Å². The number of ketones is 1. The first-order valence-electron chi connectivity index (χ1n) is 4.51. The minimum absolute atomic E-state index is 0.142. The molecule has 0 aromatic rings. The molecular formula is C10H17NO. The van der Waals surface area contributed by atoms with E-state index in [2.05, 4.69) is 19.2 Å². The molecule has 0 spiro atoms. The second-order valence-corrected chi connectivity index (χ2v) is 4.18. The van der Waals surface area contributed by atoms with Crippen molar-refractivity contribution in [3.8, 4) is 0 Å². The molecule has 12 heavy (non-hydrogen) atoms. The second-order valence-electron chi connectivity index (χ2n) is 4.18. The van der Waals surface area contributed by atoms with Crippen LogP contribution in [0.25, 0.3) is 0 Å². The molecule has 0 aliphatic heterocycles. The normalized spacial score (nSPS) is 21.9. The van der Waals surface area contributed by atoms with Crippen LogP contribution in [-0.2, 0) is 4.79 Å². The fourth-order valence-corrected chi connectivity index (χ4v) is 1.69. The van der Waals surface area contributed by atoms with E-state index in [9.17, 15) is 4.79 Å². The number of nitrogens with one attached hydrogen (secondary N) is 1. The fraction of sp³-hybridized carbons (Fsp3) is 0.700. The zero-order chi connectivity index (χ0) is 9.19. The van der Waals surface area contributed by atoms with Gasteiger partial charge in [-0.3, -0.25) is 4.79 Å². The van der Waals surface area contributed by atoms with E-state index in [-0.39, 0.29) is 11.2 Å². The molecule has 0 aromatic carbocycles. The Morgan fingerprint density at radius 2 is 2.17 bits per heavy atom. The molecule has 1 rings (SSSR count). The summed E-state index contributed by atoms with van der Waals surface area (Å²) in [4.78, 5) is 11.2. The maximum Gasteiger partial charge on any atom is 0.157 e. The third kappa shape index (κ3) is 2.36. The first-order valence-corrected chi connectivity index (χ1v) is 4.51. The molecule has 0 saturated carbocycles. The van der Waals surface area contributed by atoms with Gasteiger partial charge >= 0.3 is 0 Å². The van der Waals surface area contributed by atoms with Gasteiger partial charge in [-0.05, 0) is 18.8 Å². The highest BCUT2D eigenvalue weighted by Gasteiger charge is 2.26. The minimum atomic E-state index is 0.142. The van der Waals surface area contributed by atoms with Crippen molar-refractivity contribution in [2.45, 2.75) is 33.6 Å². The molecule has 0 fully saturated rings. The summed E-state index contributed by atoms with van der Waals surface area (Å²) in [5.74, 6) is 0.252. The van der Waals surface area contributed by atoms with Gasteiger partial charge in [0.2, 0.25) is 0 Å². The van der Waals surface area contributed by atoms with Crippen LogP contribution in [-0.4, -0.2) is 12.3 Å². The molecule has 0 radical (unpaired) electrons. The van der Waals surface area contributed by atoms with Gasteiger partial charge < -0.3 is 5.32 Å². The van der Waals surface area contributed by atoms with E-state index in [1.54, 1.807) is 6.08 Å². The van der Waals surface area contributed by atoms with Gasteiger partial charge in [0.15, 0.2) is 5.78 Å². The number of carbonyl (C=O) groups excluding carboxylic acids is 1. The Morgan fingerprint density at radius 3 is 2.67 bits per heavy atom. The third-order valence-electron chi connectivity index (χ3n) is 2.06. The molecule has 1 aliphatic rings. The molecule has 1 N–H and O–H groups in total. The second kappa shape index (κ2) is 3.30. The molecule has 1 aliphatic carbocycles. The van der Waals surface area contributed by atoms with Crippen LogP contribution in [0, 0.1) is 5.41 Å². The zero-order valence-electron chi connectivity index (χ0n) is 8.11. The summed E-state index contributed by atoms with van der Waals surface area (Å²) in [7, 11) is 0. The number of rotatable bonds is 2.